The van der Waals surface area contributed by atoms with Crippen molar-refractivity contribution in [2.45, 2.75) is 31.9 Å². The lowest BCUT2D eigenvalue weighted by Crippen LogP contribution is -2.48. The van der Waals surface area contributed by atoms with Gasteiger partial charge in [0.25, 0.3) is 0 Å². The van der Waals surface area contributed by atoms with Crippen LogP contribution in [0.5, 0.6) is 0 Å². The lowest BCUT2D eigenvalue weighted by molar-refractivity contribution is 0.0707. The van der Waals surface area contributed by atoms with Crippen LogP contribution in [-0.2, 0) is 11.3 Å². The summed E-state index contributed by atoms with van der Waals surface area (Å²) in [7, 11) is 1.78. The minimum Gasteiger partial charge on any atom is -0.445 e. The molecular formula is C17H26N2O3. The Hall–Kier alpha value is -1.59. The molecule has 122 valence electrons. The summed E-state index contributed by atoms with van der Waals surface area (Å²) in [6.07, 6.45) is 3.12. The number of ether oxygens (including phenoxy) is 1. The average molecular weight is 306 g/mol. The number of nitrogens with zero attached hydrogens (tertiary/aromatic N) is 2. The number of likely N-dealkylation sites (tertiary alicyclic amines) is 1. The molecule has 1 atom stereocenters. The predicted octanol–water partition coefficient (Wildman–Crippen LogP) is 2.10. The second kappa shape index (κ2) is 8.76. The van der Waals surface area contributed by atoms with Crippen molar-refractivity contribution in [3.05, 3.63) is 35.9 Å². The Kier molecular flexibility index (Phi) is 6.68. The van der Waals surface area contributed by atoms with Crippen molar-refractivity contribution in [1.29, 1.82) is 0 Å². The van der Waals surface area contributed by atoms with Crippen molar-refractivity contribution < 1.29 is 14.6 Å². The van der Waals surface area contributed by atoms with E-state index < -0.39 is 0 Å². The van der Waals surface area contributed by atoms with E-state index in [9.17, 15) is 4.79 Å². The van der Waals surface area contributed by atoms with Gasteiger partial charge in [0.1, 0.15) is 6.61 Å². The Morgan fingerprint density at radius 3 is 2.86 bits per heavy atom. The second-order valence-corrected chi connectivity index (χ2v) is 5.83. The van der Waals surface area contributed by atoms with Crippen molar-refractivity contribution >= 4 is 6.09 Å². The Balaban J connectivity index is 1.79. The molecule has 0 saturated carbocycles. The van der Waals surface area contributed by atoms with E-state index in [2.05, 4.69) is 4.90 Å². The zero-order valence-electron chi connectivity index (χ0n) is 13.3. The third-order valence-electron chi connectivity index (χ3n) is 4.14. The highest BCUT2D eigenvalue weighted by Gasteiger charge is 2.25. The molecule has 0 aliphatic carbocycles. The zero-order valence-corrected chi connectivity index (χ0v) is 13.3. The van der Waals surface area contributed by atoms with E-state index in [0.717, 1.165) is 18.5 Å². The minimum absolute atomic E-state index is 0.165. The van der Waals surface area contributed by atoms with E-state index in [0.29, 0.717) is 25.7 Å². The van der Waals surface area contributed by atoms with Gasteiger partial charge in [0, 0.05) is 26.2 Å². The van der Waals surface area contributed by atoms with Crippen molar-refractivity contribution in [3.8, 4) is 0 Å². The second-order valence-electron chi connectivity index (χ2n) is 5.83. The molecule has 5 nitrogen and oxygen atoms in total. The largest absolute Gasteiger partial charge is 0.445 e. The first kappa shape index (κ1) is 16.8. The van der Waals surface area contributed by atoms with Gasteiger partial charge < -0.3 is 14.7 Å². The molecule has 1 N–H and O–H groups in total. The maximum Gasteiger partial charge on any atom is 0.409 e. The van der Waals surface area contributed by atoms with Crippen molar-refractivity contribution in [3.63, 3.8) is 0 Å². The topological polar surface area (TPSA) is 53.0 Å². The molecule has 0 radical (unpaired) electrons. The maximum absolute atomic E-state index is 12.1. The fourth-order valence-corrected chi connectivity index (χ4v) is 2.91. The minimum atomic E-state index is -0.293. The predicted molar refractivity (Wildman–Crippen MR) is 85.6 cm³/mol. The molecule has 1 saturated heterocycles. The summed E-state index contributed by atoms with van der Waals surface area (Å²) in [4.78, 5) is 16.0. The summed E-state index contributed by atoms with van der Waals surface area (Å²) in [6, 6.07) is 10.0. The van der Waals surface area contributed by atoms with Gasteiger partial charge in [-0.1, -0.05) is 36.8 Å². The highest BCUT2D eigenvalue weighted by atomic mass is 16.6. The van der Waals surface area contributed by atoms with Gasteiger partial charge in [0.2, 0.25) is 0 Å². The van der Waals surface area contributed by atoms with E-state index in [1.54, 1.807) is 11.9 Å². The Morgan fingerprint density at radius 1 is 1.36 bits per heavy atom. The summed E-state index contributed by atoms with van der Waals surface area (Å²) in [5, 5.41) is 9.14. The zero-order chi connectivity index (χ0) is 15.8. The smallest absolute Gasteiger partial charge is 0.409 e. The lowest BCUT2D eigenvalue weighted by atomic mass is 10.0. The van der Waals surface area contributed by atoms with Crippen molar-refractivity contribution in [1.82, 2.24) is 9.80 Å². The summed E-state index contributed by atoms with van der Waals surface area (Å²) in [5.74, 6) is 0. The molecule has 1 amide bonds. The van der Waals surface area contributed by atoms with Gasteiger partial charge in [-0.25, -0.2) is 4.79 Å². The fraction of sp³-hybridized carbons (Fsp3) is 0.588. The molecule has 22 heavy (non-hydrogen) atoms. The Labute approximate surface area is 132 Å². The lowest BCUT2D eigenvalue weighted by Gasteiger charge is -2.37. The molecular weight excluding hydrogens is 280 g/mol. The fourth-order valence-electron chi connectivity index (χ4n) is 2.91. The summed E-state index contributed by atoms with van der Waals surface area (Å²) in [6.45, 7) is 2.79. The van der Waals surface area contributed by atoms with Gasteiger partial charge in [-0.3, -0.25) is 4.90 Å². The number of aliphatic hydroxyl groups excluding tert-OH is 1. The van der Waals surface area contributed by atoms with Crippen LogP contribution >= 0.6 is 0 Å². The molecule has 0 unspecified atom stereocenters. The highest BCUT2D eigenvalue weighted by molar-refractivity contribution is 5.67. The number of carbonyl (C=O) groups is 1. The molecule has 1 aliphatic rings. The van der Waals surface area contributed by atoms with Gasteiger partial charge in [-0.15, -0.1) is 0 Å². The third-order valence-corrected chi connectivity index (χ3v) is 4.14. The number of carbonyl (C=O) groups excluding carboxylic acids is 1. The van der Waals surface area contributed by atoms with E-state index in [1.165, 1.54) is 12.8 Å². The number of hydrogen-bond acceptors (Lipinski definition) is 4. The standard InChI is InChI=1S/C17H26N2O3/c1-18(13-16-9-5-6-10-19(16)11-12-20)17(21)22-14-15-7-3-2-4-8-15/h2-4,7-8,16,20H,5-6,9-14H2,1H3/t16-/m1/s1. The number of hydrogen-bond donors (Lipinski definition) is 1. The molecule has 0 aromatic heterocycles. The number of benzene rings is 1. The summed E-state index contributed by atoms with van der Waals surface area (Å²) < 4.78 is 5.35. The van der Waals surface area contributed by atoms with Gasteiger partial charge in [-0.05, 0) is 24.9 Å². The van der Waals surface area contributed by atoms with Crippen molar-refractivity contribution in [2.75, 3.05) is 33.3 Å². The number of piperidine rings is 1. The number of β-amino-alcohol motifs (C(OH)–C–C–N with tert-alkyl or cyclic N) is 1. The van der Waals surface area contributed by atoms with E-state index in [-0.39, 0.29) is 12.7 Å². The van der Waals surface area contributed by atoms with Crippen LogP contribution in [-0.4, -0.2) is 60.3 Å². The first-order valence-electron chi connectivity index (χ1n) is 7.97. The van der Waals surface area contributed by atoms with Crippen LogP contribution in [0.1, 0.15) is 24.8 Å². The number of likely N-dealkylation sites (N-methyl/N-ethyl adjacent to an activating group) is 1. The SMILES string of the molecule is CN(C[C@H]1CCCCN1CCO)C(=O)OCc1ccccc1. The third kappa shape index (κ3) is 5.00. The first-order chi connectivity index (χ1) is 10.7. The number of rotatable bonds is 6. The average Bonchev–Trinajstić information content (AvgIpc) is 2.55. The summed E-state index contributed by atoms with van der Waals surface area (Å²) in [5.41, 5.74) is 0.990. The van der Waals surface area contributed by atoms with Crippen LogP contribution in [0.4, 0.5) is 4.79 Å². The molecule has 2 rings (SSSR count). The normalized spacial score (nSPS) is 18.9. The van der Waals surface area contributed by atoms with Gasteiger partial charge in [0.15, 0.2) is 0 Å². The van der Waals surface area contributed by atoms with E-state index in [1.807, 2.05) is 30.3 Å². The van der Waals surface area contributed by atoms with Crippen LogP contribution in [0.3, 0.4) is 0 Å². The van der Waals surface area contributed by atoms with Crippen LogP contribution in [0.15, 0.2) is 30.3 Å². The number of amides is 1. The van der Waals surface area contributed by atoms with Gasteiger partial charge in [0.05, 0.1) is 6.61 Å². The van der Waals surface area contributed by atoms with Crippen molar-refractivity contribution in [2.24, 2.45) is 0 Å². The maximum atomic E-state index is 12.1. The Bertz CT molecular complexity index is 450. The molecule has 1 fully saturated rings. The highest BCUT2D eigenvalue weighted by Crippen LogP contribution is 2.17. The first-order valence-corrected chi connectivity index (χ1v) is 7.97. The number of aliphatic hydroxyl groups is 1. The van der Waals surface area contributed by atoms with E-state index >= 15 is 0 Å². The van der Waals surface area contributed by atoms with Crippen LogP contribution in [0, 0.1) is 0 Å². The monoisotopic (exact) mass is 306 g/mol. The van der Waals surface area contributed by atoms with Crippen LogP contribution < -0.4 is 0 Å². The molecule has 5 heteroatoms. The molecule has 1 aromatic carbocycles. The van der Waals surface area contributed by atoms with Crippen LogP contribution in [0.25, 0.3) is 0 Å². The van der Waals surface area contributed by atoms with Gasteiger partial charge in [-0.2, -0.15) is 0 Å². The molecule has 0 spiro atoms. The van der Waals surface area contributed by atoms with Crippen LogP contribution in [0.2, 0.25) is 0 Å². The quantitative estimate of drug-likeness (QED) is 0.874. The molecule has 0 bridgehead atoms. The molecule has 1 heterocycles. The van der Waals surface area contributed by atoms with Gasteiger partial charge >= 0.3 is 6.09 Å². The molecule has 1 aliphatic heterocycles. The Morgan fingerprint density at radius 2 is 2.14 bits per heavy atom. The van der Waals surface area contributed by atoms with E-state index in [4.69, 9.17) is 9.84 Å². The summed E-state index contributed by atoms with van der Waals surface area (Å²) >= 11 is 0. The molecule has 1 aromatic rings.